The number of rotatable bonds is 8. The lowest BCUT2D eigenvalue weighted by Crippen LogP contribution is -2.43. The number of ether oxygens (including phenoxy) is 2. The zero-order chi connectivity index (χ0) is 24.2. The monoisotopic (exact) mass is 474 g/mol. The van der Waals surface area contributed by atoms with Crippen molar-refractivity contribution in [1.29, 1.82) is 0 Å². The number of nitrogens with zero attached hydrogens (tertiary/aromatic N) is 3. The molecule has 1 amide bonds. The van der Waals surface area contributed by atoms with E-state index in [-0.39, 0.29) is 11.9 Å². The SMILES string of the molecule is Cc1ccc(C(CNC(=O)c2ccc(OCc3cn4cccc(C)c4n3)cc2)N2CCOCC2)o1. The number of imidazole rings is 1. The van der Waals surface area contributed by atoms with Gasteiger partial charge in [0.15, 0.2) is 0 Å². The molecule has 4 heterocycles. The van der Waals surface area contributed by atoms with Gasteiger partial charge in [0.05, 0.1) is 24.9 Å². The van der Waals surface area contributed by atoms with Crippen LogP contribution in [0.1, 0.15) is 39.2 Å². The normalized spacial score (nSPS) is 15.3. The van der Waals surface area contributed by atoms with E-state index in [4.69, 9.17) is 13.9 Å². The van der Waals surface area contributed by atoms with Crippen molar-refractivity contribution in [2.24, 2.45) is 0 Å². The molecule has 0 radical (unpaired) electrons. The molecule has 1 aromatic carbocycles. The molecule has 4 aromatic rings. The predicted octanol–water partition coefficient (Wildman–Crippen LogP) is 3.93. The lowest BCUT2D eigenvalue weighted by Gasteiger charge is -2.33. The molecule has 3 aromatic heterocycles. The predicted molar refractivity (Wildman–Crippen MR) is 132 cm³/mol. The van der Waals surface area contributed by atoms with Crippen LogP contribution in [0.3, 0.4) is 0 Å². The van der Waals surface area contributed by atoms with Crippen molar-refractivity contribution in [3.63, 3.8) is 0 Å². The highest BCUT2D eigenvalue weighted by Gasteiger charge is 2.25. The van der Waals surface area contributed by atoms with Crippen molar-refractivity contribution in [2.75, 3.05) is 32.8 Å². The van der Waals surface area contributed by atoms with Crippen LogP contribution in [0.2, 0.25) is 0 Å². The van der Waals surface area contributed by atoms with Crippen LogP contribution in [0.25, 0.3) is 5.65 Å². The molecule has 182 valence electrons. The van der Waals surface area contributed by atoms with Gasteiger partial charge in [-0.1, -0.05) is 6.07 Å². The van der Waals surface area contributed by atoms with E-state index in [9.17, 15) is 4.79 Å². The number of carbonyl (C=O) groups excluding carboxylic acids is 1. The summed E-state index contributed by atoms with van der Waals surface area (Å²) in [6.45, 7) is 7.75. The smallest absolute Gasteiger partial charge is 0.251 e. The number of fused-ring (bicyclic) bond motifs is 1. The Balaban J connectivity index is 1.19. The molecular weight excluding hydrogens is 444 g/mol. The maximum atomic E-state index is 12.9. The van der Waals surface area contributed by atoms with E-state index in [1.807, 2.05) is 67.0 Å². The maximum absolute atomic E-state index is 12.9. The molecular formula is C27H30N4O4. The fourth-order valence-corrected chi connectivity index (χ4v) is 4.36. The zero-order valence-electron chi connectivity index (χ0n) is 20.1. The van der Waals surface area contributed by atoms with E-state index < -0.39 is 0 Å². The van der Waals surface area contributed by atoms with Crippen LogP contribution in [0.4, 0.5) is 0 Å². The van der Waals surface area contributed by atoms with Gasteiger partial charge in [0, 0.05) is 37.6 Å². The number of hydrogen-bond acceptors (Lipinski definition) is 6. The van der Waals surface area contributed by atoms with Crippen LogP contribution in [-0.2, 0) is 11.3 Å². The number of morpholine rings is 1. The Hall–Kier alpha value is -3.62. The lowest BCUT2D eigenvalue weighted by atomic mass is 10.1. The quantitative estimate of drug-likeness (QED) is 0.417. The second-order valence-corrected chi connectivity index (χ2v) is 8.79. The zero-order valence-corrected chi connectivity index (χ0v) is 20.1. The summed E-state index contributed by atoms with van der Waals surface area (Å²) in [4.78, 5) is 19.8. The summed E-state index contributed by atoms with van der Waals surface area (Å²) in [6, 6.07) is 15.1. The summed E-state index contributed by atoms with van der Waals surface area (Å²) < 4.78 is 19.3. The molecule has 0 spiro atoms. The number of hydrogen-bond donors (Lipinski definition) is 1. The van der Waals surface area contributed by atoms with Gasteiger partial charge in [-0.15, -0.1) is 0 Å². The van der Waals surface area contributed by atoms with Crippen molar-refractivity contribution in [3.05, 3.63) is 89.3 Å². The van der Waals surface area contributed by atoms with Crippen LogP contribution in [0.5, 0.6) is 5.75 Å². The molecule has 8 heteroatoms. The number of benzene rings is 1. The molecule has 5 rings (SSSR count). The van der Waals surface area contributed by atoms with E-state index in [1.54, 1.807) is 12.1 Å². The molecule has 1 unspecified atom stereocenters. The Kier molecular flexibility index (Phi) is 6.83. The Bertz CT molecular complexity index is 1290. The molecule has 1 N–H and O–H groups in total. The molecule has 0 bridgehead atoms. The van der Waals surface area contributed by atoms with Crippen LogP contribution < -0.4 is 10.1 Å². The Morgan fingerprint density at radius 3 is 2.63 bits per heavy atom. The van der Waals surface area contributed by atoms with Gasteiger partial charge in [0.2, 0.25) is 0 Å². The molecule has 1 aliphatic heterocycles. The summed E-state index contributed by atoms with van der Waals surface area (Å²) in [5.41, 5.74) is 3.48. The molecule has 0 aliphatic carbocycles. The third-order valence-corrected chi connectivity index (χ3v) is 6.26. The number of aryl methyl sites for hydroxylation is 2. The molecule has 8 nitrogen and oxygen atoms in total. The minimum Gasteiger partial charge on any atom is -0.487 e. The number of carbonyl (C=O) groups is 1. The molecule has 1 fully saturated rings. The Morgan fingerprint density at radius 2 is 1.91 bits per heavy atom. The fourth-order valence-electron chi connectivity index (χ4n) is 4.36. The van der Waals surface area contributed by atoms with Crippen molar-refractivity contribution in [1.82, 2.24) is 19.6 Å². The summed E-state index contributed by atoms with van der Waals surface area (Å²) in [6.07, 6.45) is 3.94. The molecule has 1 atom stereocenters. The van der Waals surface area contributed by atoms with Gasteiger partial charge in [-0.3, -0.25) is 9.69 Å². The number of furan rings is 1. The van der Waals surface area contributed by atoms with Crippen molar-refractivity contribution >= 4 is 11.6 Å². The highest BCUT2D eigenvalue weighted by Crippen LogP contribution is 2.24. The molecule has 35 heavy (non-hydrogen) atoms. The largest absolute Gasteiger partial charge is 0.487 e. The number of nitrogens with one attached hydrogen (secondary N) is 1. The average Bonchev–Trinajstić information content (AvgIpc) is 3.50. The minimum absolute atomic E-state index is 0.0341. The topological polar surface area (TPSA) is 81.2 Å². The molecule has 1 saturated heterocycles. The van der Waals surface area contributed by atoms with Gasteiger partial charge < -0.3 is 23.6 Å². The number of aromatic nitrogens is 2. The van der Waals surface area contributed by atoms with Crippen molar-refractivity contribution in [3.8, 4) is 5.75 Å². The average molecular weight is 475 g/mol. The van der Waals surface area contributed by atoms with E-state index in [1.165, 1.54) is 0 Å². The molecule has 1 aliphatic rings. The second kappa shape index (κ2) is 10.3. The van der Waals surface area contributed by atoms with Gasteiger partial charge in [-0.25, -0.2) is 4.98 Å². The van der Waals surface area contributed by atoms with Crippen LogP contribution in [0, 0.1) is 13.8 Å². The summed E-state index contributed by atoms with van der Waals surface area (Å²) >= 11 is 0. The van der Waals surface area contributed by atoms with Crippen molar-refractivity contribution < 1.29 is 18.7 Å². The highest BCUT2D eigenvalue weighted by atomic mass is 16.5. The Labute approximate surface area is 204 Å². The van der Waals surface area contributed by atoms with Gasteiger partial charge in [-0.2, -0.15) is 0 Å². The van der Waals surface area contributed by atoms with Gasteiger partial charge in [0.1, 0.15) is 29.5 Å². The lowest BCUT2D eigenvalue weighted by molar-refractivity contribution is 0.0117. The number of amides is 1. The van der Waals surface area contributed by atoms with E-state index >= 15 is 0 Å². The standard InChI is InChI=1S/C27H30N4O4/c1-19-4-3-11-31-17-22(29-26(19)31)18-34-23-8-6-21(7-9-23)27(32)28-16-24(25-10-5-20(2)35-25)30-12-14-33-15-13-30/h3-11,17,24H,12-16,18H2,1-2H3,(H,28,32). The minimum atomic E-state index is -0.131. The fraction of sp³-hybridized carbons (Fsp3) is 0.333. The van der Waals surface area contributed by atoms with E-state index in [2.05, 4.69) is 15.2 Å². The maximum Gasteiger partial charge on any atom is 0.251 e. The second-order valence-electron chi connectivity index (χ2n) is 8.79. The van der Waals surface area contributed by atoms with Crippen molar-refractivity contribution in [2.45, 2.75) is 26.5 Å². The summed E-state index contributed by atoms with van der Waals surface area (Å²) in [5.74, 6) is 2.27. The van der Waals surface area contributed by atoms with Gasteiger partial charge in [0.25, 0.3) is 5.91 Å². The van der Waals surface area contributed by atoms with Gasteiger partial charge >= 0.3 is 0 Å². The van der Waals surface area contributed by atoms with Gasteiger partial charge in [-0.05, 0) is 61.9 Å². The third-order valence-electron chi connectivity index (χ3n) is 6.26. The summed E-state index contributed by atoms with van der Waals surface area (Å²) in [5, 5.41) is 3.07. The van der Waals surface area contributed by atoms with Crippen LogP contribution in [0.15, 0.2) is 65.3 Å². The third kappa shape index (κ3) is 5.39. The first-order valence-electron chi connectivity index (χ1n) is 11.9. The first kappa shape index (κ1) is 23.1. The van der Waals surface area contributed by atoms with Crippen LogP contribution >= 0.6 is 0 Å². The first-order chi connectivity index (χ1) is 17.1. The Morgan fingerprint density at radius 1 is 1.11 bits per heavy atom. The first-order valence-corrected chi connectivity index (χ1v) is 11.9. The van der Waals surface area contributed by atoms with E-state index in [0.717, 1.165) is 41.5 Å². The number of pyridine rings is 1. The van der Waals surface area contributed by atoms with E-state index in [0.29, 0.717) is 37.7 Å². The highest BCUT2D eigenvalue weighted by molar-refractivity contribution is 5.94. The molecule has 0 saturated carbocycles. The summed E-state index contributed by atoms with van der Waals surface area (Å²) in [7, 11) is 0. The van der Waals surface area contributed by atoms with Crippen LogP contribution in [-0.4, -0.2) is 53.0 Å².